The van der Waals surface area contributed by atoms with Crippen molar-refractivity contribution in [3.63, 3.8) is 0 Å². The molecule has 0 radical (unpaired) electrons. The van der Waals surface area contributed by atoms with Crippen molar-refractivity contribution in [2.24, 2.45) is 0 Å². The topological polar surface area (TPSA) is 47.6 Å². The van der Waals surface area contributed by atoms with Gasteiger partial charge in [0.05, 0.1) is 25.5 Å². The van der Waals surface area contributed by atoms with Crippen LogP contribution in [0, 0.1) is 0 Å². The fourth-order valence-corrected chi connectivity index (χ4v) is 2.55. The molecule has 1 N–H and O–H groups in total. The number of nitrogens with one attached hydrogen (secondary N) is 1. The highest BCUT2D eigenvalue weighted by Crippen LogP contribution is 2.29. The average molecular weight is 371 g/mol. The second-order valence-corrected chi connectivity index (χ2v) is 5.44. The van der Waals surface area contributed by atoms with Crippen molar-refractivity contribution in [2.75, 3.05) is 19.5 Å². The third-order valence-electron chi connectivity index (χ3n) is 2.83. The molecule has 2 aromatic carbocycles. The van der Waals surface area contributed by atoms with E-state index in [1.165, 1.54) is 7.11 Å². The Kier molecular flexibility index (Phi) is 5.09. The largest absolute Gasteiger partial charge is 0.497 e. The van der Waals surface area contributed by atoms with E-state index in [2.05, 4.69) is 21.2 Å². The average Bonchev–Trinajstić information content (AvgIpc) is 2.49. The molecule has 6 heteroatoms. The van der Waals surface area contributed by atoms with Gasteiger partial charge in [0.15, 0.2) is 0 Å². The first kappa shape index (κ1) is 15.7. The summed E-state index contributed by atoms with van der Waals surface area (Å²) in [6, 6.07) is 10.1. The maximum atomic E-state index is 12.3. The van der Waals surface area contributed by atoms with Gasteiger partial charge in [-0.3, -0.25) is 4.79 Å². The molecule has 2 aromatic rings. The number of carbonyl (C=O) groups is 1. The molecule has 0 bridgehead atoms. The number of carbonyl (C=O) groups excluding carboxylic acids is 1. The van der Waals surface area contributed by atoms with Gasteiger partial charge in [-0.2, -0.15) is 0 Å². The van der Waals surface area contributed by atoms with Crippen LogP contribution in [0.15, 0.2) is 40.9 Å². The van der Waals surface area contributed by atoms with Crippen molar-refractivity contribution in [1.82, 2.24) is 0 Å². The Morgan fingerprint density at radius 1 is 1.14 bits per heavy atom. The number of benzene rings is 2. The van der Waals surface area contributed by atoms with E-state index < -0.39 is 0 Å². The van der Waals surface area contributed by atoms with Gasteiger partial charge in [-0.25, -0.2) is 0 Å². The van der Waals surface area contributed by atoms with Gasteiger partial charge in [0, 0.05) is 15.6 Å². The van der Waals surface area contributed by atoms with Gasteiger partial charge in [-0.05, 0) is 46.3 Å². The Hall–Kier alpha value is -1.72. The summed E-state index contributed by atoms with van der Waals surface area (Å²) in [6.07, 6.45) is 0. The lowest BCUT2D eigenvalue weighted by Gasteiger charge is -2.12. The van der Waals surface area contributed by atoms with E-state index in [4.69, 9.17) is 21.1 Å². The van der Waals surface area contributed by atoms with Crippen molar-refractivity contribution in [1.29, 1.82) is 0 Å². The monoisotopic (exact) mass is 369 g/mol. The minimum absolute atomic E-state index is 0.280. The molecule has 0 spiro atoms. The molecule has 0 saturated carbocycles. The molecule has 2 rings (SSSR count). The first-order valence-electron chi connectivity index (χ1n) is 6.03. The highest BCUT2D eigenvalue weighted by Gasteiger charge is 2.14. The minimum Gasteiger partial charge on any atom is -0.497 e. The van der Waals surface area contributed by atoms with Crippen LogP contribution in [0.25, 0.3) is 0 Å². The molecule has 1 amide bonds. The number of anilines is 1. The number of hydrogen-bond acceptors (Lipinski definition) is 3. The van der Waals surface area contributed by atoms with E-state index in [0.29, 0.717) is 32.2 Å². The summed E-state index contributed by atoms with van der Waals surface area (Å²) in [5.41, 5.74) is 1.04. The summed E-state index contributed by atoms with van der Waals surface area (Å²) in [7, 11) is 3.06. The second-order valence-electron chi connectivity index (χ2n) is 4.14. The van der Waals surface area contributed by atoms with Crippen molar-refractivity contribution in [2.45, 2.75) is 0 Å². The Labute approximate surface area is 136 Å². The zero-order valence-corrected chi connectivity index (χ0v) is 13.8. The third kappa shape index (κ3) is 3.68. The maximum absolute atomic E-state index is 12.3. The summed E-state index contributed by atoms with van der Waals surface area (Å²) in [6.45, 7) is 0. The number of ether oxygens (including phenoxy) is 2. The standard InChI is InChI=1S/C15H13BrClNO3/c1-20-10-4-5-11(14(8-10)21-2)15(19)18-13-6-3-9(17)7-12(13)16/h3-8H,1-2H3,(H,18,19). The van der Waals surface area contributed by atoms with Crippen LogP contribution in [0.4, 0.5) is 5.69 Å². The molecule has 0 fully saturated rings. The highest BCUT2D eigenvalue weighted by atomic mass is 79.9. The van der Waals surface area contributed by atoms with Gasteiger partial charge in [-0.15, -0.1) is 0 Å². The zero-order chi connectivity index (χ0) is 15.4. The lowest BCUT2D eigenvalue weighted by molar-refractivity contribution is 0.102. The lowest BCUT2D eigenvalue weighted by Crippen LogP contribution is -2.13. The van der Waals surface area contributed by atoms with Crippen LogP contribution in [-0.2, 0) is 0 Å². The molecule has 0 aromatic heterocycles. The first-order chi connectivity index (χ1) is 10.0. The minimum atomic E-state index is -0.280. The van der Waals surface area contributed by atoms with Crippen LogP contribution in [0.5, 0.6) is 11.5 Å². The fraction of sp³-hybridized carbons (Fsp3) is 0.133. The molecule has 0 aliphatic heterocycles. The normalized spacial score (nSPS) is 10.1. The van der Waals surface area contributed by atoms with Crippen LogP contribution in [-0.4, -0.2) is 20.1 Å². The molecule has 0 heterocycles. The van der Waals surface area contributed by atoms with Crippen LogP contribution in [0.1, 0.15) is 10.4 Å². The number of methoxy groups -OCH3 is 2. The number of amides is 1. The van der Waals surface area contributed by atoms with Gasteiger partial charge in [0.2, 0.25) is 0 Å². The zero-order valence-electron chi connectivity index (χ0n) is 11.4. The SMILES string of the molecule is COc1ccc(C(=O)Nc2ccc(Cl)cc2Br)c(OC)c1. The Balaban J connectivity index is 2.28. The van der Waals surface area contributed by atoms with E-state index in [1.807, 2.05) is 0 Å². The predicted molar refractivity (Wildman–Crippen MR) is 86.7 cm³/mol. The van der Waals surface area contributed by atoms with E-state index >= 15 is 0 Å². The van der Waals surface area contributed by atoms with Crippen LogP contribution in [0.3, 0.4) is 0 Å². The molecule has 110 valence electrons. The number of hydrogen-bond donors (Lipinski definition) is 1. The Morgan fingerprint density at radius 3 is 2.52 bits per heavy atom. The number of halogens is 2. The molecule has 0 aliphatic rings. The molecule has 0 saturated heterocycles. The second kappa shape index (κ2) is 6.83. The van der Waals surface area contributed by atoms with Gasteiger partial charge in [0.1, 0.15) is 11.5 Å². The summed E-state index contributed by atoms with van der Waals surface area (Å²) in [5, 5.41) is 3.39. The highest BCUT2D eigenvalue weighted by molar-refractivity contribution is 9.10. The summed E-state index contributed by atoms with van der Waals surface area (Å²) < 4.78 is 11.0. The van der Waals surface area contributed by atoms with Crippen molar-refractivity contribution in [3.05, 3.63) is 51.5 Å². The maximum Gasteiger partial charge on any atom is 0.259 e. The lowest BCUT2D eigenvalue weighted by atomic mass is 10.1. The van der Waals surface area contributed by atoms with Crippen LogP contribution < -0.4 is 14.8 Å². The van der Waals surface area contributed by atoms with Crippen molar-refractivity contribution >= 4 is 39.1 Å². The summed E-state index contributed by atoms with van der Waals surface area (Å²) in [5.74, 6) is 0.783. The quantitative estimate of drug-likeness (QED) is 0.869. The van der Waals surface area contributed by atoms with Gasteiger partial charge in [0.25, 0.3) is 5.91 Å². The molecule has 4 nitrogen and oxygen atoms in total. The van der Waals surface area contributed by atoms with Crippen LogP contribution in [0.2, 0.25) is 5.02 Å². The van der Waals surface area contributed by atoms with E-state index in [0.717, 1.165) is 0 Å². The number of rotatable bonds is 4. The fourth-order valence-electron chi connectivity index (χ4n) is 1.77. The first-order valence-corrected chi connectivity index (χ1v) is 7.20. The summed E-state index contributed by atoms with van der Waals surface area (Å²) in [4.78, 5) is 12.3. The van der Waals surface area contributed by atoms with E-state index in [-0.39, 0.29) is 5.91 Å². The molecule has 0 aliphatic carbocycles. The van der Waals surface area contributed by atoms with Gasteiger partial charge >= 0.3 is 0 Å². The van der Waals surface area contributed by atoms with E-state index in [9.17, 15) is 4.79 Å². The van der Waals surface area contributed by atoms with E-state index in [1.54, 1.807) is 43.5 Å². The Morgan fingerprint density at radius 2 is 1.90 bits per heavy atom. The van der Waals surface area contributed by atoms with Crippen molar-refractivity contribution < 1.29 is 14.3 Å². The molecule has 21 heavy (non-hydrogen) atoms. The van der Waals surface area contributed by atoms with Crippen LogP contribution >= 0.6 is 27.5 Å². The molecule has 0 atom stereocenters. The third-order valence-corrected chi connectivity index (χ3v) is 3.72. The predicted octanol–water partition coefficient (Wildman–Crippen LogP) is 4.37. The van der Waals surface area contributed by atoms with Gasteiger partial charge in [-0.1, -0.05) is 11.6 Å². The van der Waals surface area contributed by atoms with Crippen molar-refractivity contribution in [3.8, 4) is 11.5 Å². The molecular weight excluding hydrogens is 358 g/mol. The molecular formula is C15H13BrClNO3. The smallest absolute Gasteiger partial charge is 0.259 e. The summed E-state index contributed by atoms with van der Waals surface area (Å²) >= 11 is 9.23. The Bertz CT molecular complexity index is 676. The molecule has 0 unspecified atom stereocenters. The van der Waals surface area contributed by atoms with Gasteiger partial charge < -0.3 is 14.8 Å².